The summed E-state index contributed by atoms with van der Waals surface area (Å²) in [6, 6.07) is 5.57. The third kappa shape index (κ3) is 5.04. The highest BCUT2D eigenvalue weighted by Crippen LogP contribution is 2.27. The van der Waals surface area contributed by atoms with Crippen molar-refractivity contribution in [3.05, 3.63) is 28.2 Å². The Morgan fingerprint density at radius 2 is 1.75 bits per heavy atom. The van der Waals surface area contributed by atoms with E-state index < -0.39 is 0 Å². The van der Waals surface area contributed by atoms with Crippen molar-refractivity contribution >= 4 is 59.6 Å². The molecular formula is C15H22Cl4N4O. The van der Waals surface area contributed by atoms with Gasteiger partial charge in [-0.25, -0.2) is 0 Å². The Labute approximate surface area is 164 Å². The zero-order valence-electron chi connectivity index (χ0n) is 13.1. The molecule has 0 radical (unpaired) electrons. The van der Waals surface area contributed by atoms with Crippen LogP contribution in [-0.4, -0.2) is 62.7 Å². The topological polar surface area (TPSA) is 47.6 Å². The number of amides is 1. The average Bonchev–Trinajstić information content (AvgIpc) is 2.58. The number of nitrogens with one attached hydrogen (secondary N) is 2. The Hall–Kier alpha value is -0.430. The van der Waals surface area contributed by atoms with E-state index in [9.17, 15) is 4.79 Å². The van der Waals surface area contributed by atoms with Gasteiger partial charge in [-0.1, -0.05) is 23.2 Å². The number of hydrogen-bond donors (Lipinski definition) is 2. The van der Waals surface area contributed by atoms with E-state index in [2.05, 4.69) is 15.5 Å². The summed E-state index contributed by atoms with van der Waals surface area (Å²) in [5.74, 6) is 0.195. The highest BCUT2D eigenvalue weighted by molar-refractivity contribution is 6.42. The maximum atomic E-state index is 12.5. The molecule has 2 heterocycles. The molecule has 2 saturated heterocycles. The minimum Gasteiger partial charge on any atom is -0.368 e. The fourth-order valence-electron chi connectivity index (χ4n) is 2.92. The summed E-state index contributed by atoms with van der Waals surface area (Å²) in [5.41, 5.74) is 1.05. The summed E-state index contributed by atoms with van der Waals surface area (Å²) in [4.78, 5) is 16.6. The summed E-state index contributed by atoms with van der Waals surface area (Å²) in [7, 11) is 0. The predicted molar refractivity (Wildman–Crippen MR) is 104 cm³/mol. The number of nitrogens with zero attached hydrogens (tertiary/aromatic N) is 2. The van der Waals surface area contributed by atoms with Crippen molar-refractivity contribution in [1.82, 2.24) is 15.5 Å². The second kappa shape index (κ2) is 9.90. The van der Waals surface area contributed by atoms with Crippen molar-refractivity contribution < 1.29 is 4.79 Å². The molecule has 2 fully saturated rings. The third-order valence-electron chi connectivity index (χ3n) is 4.20. The molecule has 2 N–H and O–H groups in total. The van der Waals surface area contributed by atoms with Crippen molar-refractivity contribution in [2.45, 2.75) is 6.04 Å². The van der Waals surface area contributed by atoms with Gasteiger partial charge < -0.3 is 20.4 Å². The fraction of sp³-hybridized carbons (Fsp3) is 0.533. The lowest BCUT2D eigenvalue weighted by Gasteiger charge is -2.38. The van der Waals surface area contributed by atoms with Gasteiger partial charge in [-0.2, -0.15) is 0 Å². The zero-order chi connectivity index (χ0) is 15.5. The standard InChI is InChI=1S/C15H20Cl2N4O.2ClH/c16-12-2-1-11(9-13(12)17)20-5-7-21(8-6-20)15(22)14-10-18-3-4-19-14;;/h1-2,9,14,18-19H,3-8,10H2;2*1H. The van der Waals surface area contributed by atoms with E-state index in [0.717, 1.165) is 45.0 Å². The number of piperazine rings is 2. The maximum Gasteiger partial charge on any atom is 0.241 e. The number of halogens is 4. The number of rotatable bonds is 2. The quantitative estimate of drug-likeness (QED) is 0.775. The molecule has 0 spiro atoms. The second-order valence-electron chi connectivity index (χ2n) is 5.62. The van der Waals surface area contributed by atoms with Gasteiger partial charge in [0.2, 0.25) is 5.91 Å². The Bertz CT molecular complexity index is 546. The van der Waals surface area contributed by atoms with E-state index in [1.54, 1.807) is 0 Å². The Balaban J connectivity index is 0.00000144. The molecular weight excluding hydrogens is 394 g/mol. The van der Waals surface area contributed by atoms with Crippen molar-refractivity contribution in [3.63, 3.8) is 0 Å². The zero-order valence-corrected chi connectivity index (χ0v) is 16.3. The van der Waals surface area contributed by atoms with Gasteiger partial charge in [0, 0.05) is 51.5 Å². The van der Waals surface area contributed by atoms with E-state index in [0.29, 0.717) is 16.6 Å². The minimum absolute atomic E-state index is 0. The summed E-state index contributed by atoms with van der Waals surface area (Å²) in [5, 5.41) is 7.66. The van der Waals surface area contributed by atoms with Crippen molar-refractivity contribution in [3.8, 4) is 0 Å². The smallest absolute Gasteiger partial charge is 0.241 e. The van der Waals surface area contributed by atoms with Crippen LogP contribution in [0.25, 0.3) is 0 Å². The Morgan fingerprint density at radius 1 is 1.04 bits per heavy atom. The van der Waals surface area contributed by atoms with Crippen LogP contribution in [0.3, 0.4) is 0 Å². The van der Waals surface area contributed by atoms with Crippen molar-refractivity contribution in [1.29, 1.82) is 0 Å². The lowest BCUT2D eigenvalue weighted by molar-refractivity contribution is -0.133. The van der Waals surface area contributed by atoms with Crippen LogP contribution >= 0.6 is 48.0 Å². The molecule has 0 saturated carbocycles. The van der Waals surface area contributed by atoms with E-state index in [1.165, 1.54) is 0 Å². The van der Waals surface area contributed by atoms with E-state index >= 15 is 0 Å². The van der Waals surface area contributed by atoms with Gasteiger partial charge in [0.15, 0.2) is 0 Å². The van der Waals surface area contributed by atoms with Crippen LogP contribution < -0.4 is 15.5 Å². The van der Waals surface area contributed by atoms with Gasteiger partial charge in [0.05, 0.1) is 16.1 Å². The van der Waals surface area contributed by atoms with Crippen LogP contribution in [0.4, 0.5) is 5.69 Å². The van der Waals surface area contributed by atoms with Gasteiger partial charge in [-0.05, 0) is 18.2 Å². The van der Waals surface area contributed by atoms with Crippen LogP contribution in [0, 0.1) is 0 Å². The van der Waals surface area contributed by atoms with E-state index in [4.69, 9.17) is 23.2 Å². The number of hydrogen-bond acceptors (Lipinski definition) is 4. The van der Waals surface area contributed by atoms with Gasteiger partial charge in [0.1, 0.15) is 0 Å². The minimum atomic E-state index is -0.0923. The first-order chi connectivity index (χ1) is 10.6. The van der Waals surface area contributed by atoms with Crippen LogP contribution in [0.2, 0.25) is 10.0 Å². The molecule has 1 aromatic rings. The molecule has 1 aromatic carbocycles. The molecule has 136 valence electrons. The van der Waals surface area contributed by atoms with Crippen molar-refractivity contribution in [2.24, 2.45) is 0 Å². The van der Waals surface area contributed by atoms with Gasteiger partial charge in [-0.3, -0.25) is 4.79 Å². The molecule has 0 bridgehead atoms. The molecule has 1 atom stereocenters. The molecule has 0 aliphatic carbocycles. The molecule has 1 unspecified atom stereocenters. The number of anilines is 1. The lowest BCUT2D eigenvalue weighted by Crippen LogP contribution is -2.59. The predicted octanol–water partition coefficient (Wildman–Crippen LogP) is 2.05. The first kappa shape index (κ1) is 21.6. The first-order valence-corrected chi connectivity index (χ1v) is 8.33. The molecule has 2 aliphatic heterocycles. The molecule has 9 heteroatoms. The summed E-state index contributed by atoms with van der Waals surface area (Å²) >= 11 is 12.0. The van der Waals surface area contributed by atoms with Crippen LogP contribution in [0.1, 0.15) is 0 Å². The molecule has 0 aromatic heterocycles. The van der Waals surface area contributed by atoms with E-state index in [1.807, 2.05) is 23.1 Å². The van der Waals surface area contributed by atoms with Gasteiger partial charge in [-0.15, -0.1) is 24.8 Å². The highest BCUT2D eigenvalue weighted by Gasteiger charge is 2.28. The SMILES string of the molecule is Cl.Cl.O=C(C1CNCCN1)N1CCN(c2ccc(Cl)c(Cl)c2)CC1. The number of carbonyl (C=O) groups is 1. The number of benzene rings is 1. The van der Waals surface area contributed by atoms with Crippen LogP contribution in [0.5, 0.6) is 0 Å². The molecule has 3 rings (SSSR count). The Morgan fingerprint density at radius 3 is 2.33 bits per heavy atom. The van der Waals surface area contributed by atoms with E-state index in [-0.39, 0.29) is 36.8 Å². The highest BCUT2D eigenvalue weighted by atomic mass is 35.5. The first-order valence-electron chi connectivity index (χ1n) is 7.58. The Kier molecular flexibility index (Phi) is 8.91. The van der Waals surface area contributed by atoms with Crippen LogP contribution in [0.15, 0.2) is 18.2 Å². The largest absolute Gasteiger partial charge is 0.368 e. The molecule has 2 aliphatic rings. The second-order valence-corrected chi connectivity index (χ2v) is 6.44. The lowest BCUT2D eigenvalue weighted by atomic mass is 10.1. The monoisotopic (exact) mass is 414 g/mol. The molecule has 1 amide bonds. The molecule has 24 heavy (non-hydrogen) atoms. The average molecular weight is 416 g/mol. The third-order valence-corrected chi connectivity index (χ3v) is 4.94. The summed E-state index contributed by atoms with van der Waals surface area (Å²) in [6.07, 6.45) is 0. The van der Waals surface area contributed by atoms with Gasteiger partial charge in [0.25, 0.3) is 0 Å². The molecule has 5 nitrogen and oxygen atoms in total. The summed E-state index contributed by atoms with van der Waals surface area (Å²) < 4.78 is 0. The van der Waals surface area contributed by atoms with Crippen molar-refractivity contribution in [2.75, 3.05) is 50.7 Å². The fourth-order valence-corrected chi connectivity index (χ4v) is 3.21. The normalized spacial score (nSPS) is 20.8. The summed E-state index contributed by atoms with van der Waals surface area (Å²) in [6.45, 7) is 5.57. The van der Waals surface area contributed by atoms with Gasteiger partial charge >= 0.3 is 0 Å². The number of carbonyl (C=O) groups excluding carboxylic acids is 1. The van der Waals surface area contributed by atoms with Crippen LogP contribution in [-0.2, 0) is 4.79 Å². The maximum absolute atomic E-state index is 12.5.